The van der Waals surface area contributed by atoms with Gasteiger partial charge in [-0.2, -0.15) is 0 Å². The van der Waals surface area contributed by atoms with E-state index in [-0.39, 0.29) is 0 Å². The third kappa shape index (κ3) is 2.07. The summed E-state index contributed by atoms with van der Waals surface area (Å²) in [4.78, 5) is 1.54. The van der Waals surface area contributed by atoms with E-state index in [9.17, 15) is 0 Å². The van der Waals surface area contributed by atoms with Crippen molar-refractivity contribution in [1.82, 2.24) is 5.32 Å². The number of thiophene rings is 1. The van der Waals surface area contributed by atoms with Crippen LogP contribution in [0.5, 0.6) is 0 Å². The quantitative estimate of drug-likeness (QED) is 0.840. The molecule has 0 amide bonds. The molecule has 2 bridgehead atoms. The Morgan fingerprint density at radius 1 is 1.30 bits per heavy atom. The lowest BCUT2D eigenvalue weighted by Crippen LogP contribution is -2.59. The third-order valence-corrected chi connectivity index (χ3v) is 7.57. The molecule has 2 heteroatoms. The van der Waals surface area contributed by atoms with Crippen LogP contribution in [0.4, 0.5) is 0 Å². The Morgan fingerprint density at radius 3 is 2.75 bits per heavy atom. The van der Waals surface area contributed by atoms with Gasteiger partial charge < -0.3 is 5.32 Å². The molecule has 1 aromatic heterocycles. The summed E-state index contributed by atoms with van der Waals surface area (Å²) in [7, 11) is 0. The van der Waals surface area contributed by atoms with E-state index in [1.807, 2.05) is 11.3 Å². The van der Waals surface area contributed by atoms with Crippen molar-refractivity contribution in [3.8, 4) is 0 Å². The Hall–Kier alpha value is -0.340. The van der Waals surface area contributed by atoms with E-state index in [2.05, 4.69) is 37.5 Å². The molecule has 4 atom stereocenters. The Bertz CT molecular complexity index is 499. The number of nitrogens with one attached hydrogen (secondary N) is 1. The zero-order valence-electron chi connectivity index (χ0n) is 13.0. The Kier molecular flexibility index (Phi) is 3.05. The lowest BCUT2D eigenvalue weighted by molar-refractivity contribution is -0.115. The number of hydrogen-bond donors (Lipinski definition) is 1. The van der Waals surface area contributed by atoms with Gasteiger partial charge in [0.25, 0.3) is 0 Å². The molecule has 4 saturated carbocycles. The smallest absolute Gasteiger partial charge is 0.0302 e. The average molecular weight is 289 g/mol. The fourth-order valence-corrected chi connectivity index (χ4v) is 5.69. The van der Waals surface area contributed by atoms with Crippen LogP contribution in [0, 0.1) is 23.2 Å². The van der Waals surface area contributed by atoms with Crippen molar-refractivity contribution in [3.05, 3.63) is 21.9 Å². The van der Waals surface area contributed by atoms with Gasteiger partial charge in [0, 0.05) is 17.5 Å². The molecule has 0 aliphatic heterocycles. The molecule has 1 heterocycles. The van der Waals surface area contributed by atoms with Crippen LogP contribution in [0.3, 0.4) is 0 Å². The summed E-state index contributed by atoms with van der Waals surface area (Å²) in [6.07, 6.45) is 5.71. The summed E-state index contributed by atoms with van der Waals surface area (Å²) >= 11 is 1.96. The molecule has 1 nitrogen and oxygen atoms in total. The number of fused-ring (bicyclic) bond motifs is 2. The maximum atomic E-state index is 3.87. The van der Waals surface area contributed by atoms with E-state index in [0.717, 1.165) is 36.3 Å². The molecule has 4 aliphatic rings. The first-order chi connectivity index (χ1) is 9.55. The highest BCUT2D eigenvalue weighted by atomic mass is 32.1. The van der Waals surface area contributed by atoms with Gasteiger partial charge in [0.15, 0.2) is 0 Å². The molecule has 0 saturated heterocycles. The SMILES string of the molecule is C[C@H]1[C@H](NCc2cc(C3CC3)cs2)C[C@H]2C[C@@H]1C2(C)C. The first-order valence-corrected chi connectivity index (χ1v) is 9.24. The lowest BCUT2D eigenvalue weighted by Gasteiger charge is -2.62. The van der Waals surface area contributed by atoms with Gasteiger partial charge in [-0.05, 0) is 71.8 Å². The van der Waals surface area contributed by atoms with Crippen molar-refractivity contribution in [1.29, 1.82) is 0 Å². The fraction of sp³-hybridized carbons (Fsp3) is 0.778. The summed E-state index contributed by atoms with van der Waals surface area (Å²) in [6, 6.07) is 3.20. The van der Waals surface area contributed by atoms with Gasteiger partial charge in [-0.25, -0.2) is 0 Å². The second kappa shape index (κ2) is 4.58. The Labute approximate surface area is 127 Å². The predicted octanol–water partition coefficient (Wildman–Crippen LogP) is 4.79. The minimum absolute atomic E-state index is 0.611. The van der Waals surface area contributed by atoms with E-state index >= 15 is 0 Å². The number of rotatable bonds is 4. The molecule has 4 fully saturated rings. The van der Waals surface area contributed by atoms with E-state index < -0.39 is 0 Å². The van der Waals surface area contributed by atoms with Crippen LogP contribution in [0.1, 0.15) is 62.8 Å². The van der Waals surface area contributed by atoms with E-state index in [1.165, 1.54) is 30.6 Å². The summed E-state index contributed by atoms with van der Waals surface area (Å²) in [5.41, 5.74) is 2.21. The molecular weight excluding hydrogens is 262 g/mol. The largest absolute Gasteiger partial charge is 0.309 e. The zero-order chi connectivity index (χ0) is 13.9. The molecular formula is C18H27NS. The third-order valence-electron chi connectivity index (χ3n) is 6.62. The van der Waals surface area contributed by atoms with Crippen LogP contribution in [0.25, 0.3) is 0 Å². The highest BCUT2D eigenvalue weighted by Crippen LogP contribution is 2.61. The van der Waals surface area contributed by atoms with E-state index in [0.29, 0.717) is 5.41 Å². The summed E-state index contributed by atoms with van der Waals surface area (Å²) < 4.78 is 0. The monoisotopic (exact) mass is 289 g/mol. The number of hydrogen-bond acceptors (Lipinski definition) is 2. The second-order valence-electron chi connectivity index (χ2n) is 8.06. The van der Waals surface area contributed by atoms with E-state index in [1.54, 1.807) is 5.56 Å². The molecule has 5 rings (SSSR count). The predicted molar refractivity (Wildman–Crippen MR) is 86.1 cm³/mol. The van der Waals surface area contributed by atoms with Crippen LogP contribution in [-0.4, -0.2) is 6.04 Å². The lowest BCUT2D eigenvalue weighted by atomic mass is 9.45. The van der Waals surface area contributed by atoms with E-state index in [4.69, 9.17) is 0 Å². The first-order valence-electron chi connectivity index (χ1n) is 8.36. The van der Waals surface area contributed by atoms with Crippen molar-refractivity contribution in [3.63, 3.8) is 0 Å². The molecule has 1 N–H and O–H groups in total. The molecule has 0 radical (unpaired) electrons. The Morgan fingerprint density at radius 2 is 2.10 bits per heavy atom. The van der Waals surface area contributed by atoms with Gasteiger partial charge in [-0.3, -0.25) is 0 Å². The highest BCUT2D eigenvalue weighted by Gasteiger charge is 2.55. The van der Waals surface area contributed by atoms with Gasteiger partial charge in [0.2, 0.25) is 0 Å². The van der Waals surface area contributed by atoms with Crippen molar-refractivity contribution in [2.24, 2.45) is 23.2 Å². The van der Waals surface area contributed by atoms with Gasteiger partial charge in [-0.1, -0.05) is 20.8 Å². The summed E-state index contributed by atoms with van der Waals surface area (Å²) in [5, 5.41) is 6.26. The second-order valence-corrected chi connectivity index (χ2v) is 9.06. The van der Waals surface area contributed by atoms with Crippen LogP contribution in [-0.2, 0) is 6.54 Å². The first kappa shape index (κ1) is 13.3. The molecule has 1 aromatic rings. The van der Waals surface area contributed by atoms with Gasteiger partial charge >= 0.3 is 0 Å². The minimum atomic E-state index is 0.611. The summed E-state index contributed by atoms with van der Waals surface area (Å²) in [5.74, 6) is 3.66. The molecule has 0 spiro atoms. The minimum Gasteiger partial charge on any atom is -0.309 e. The standard InChI is InChI=1S/C18H27NS/c1-11-16-7-14(18(16,2)3)8-17(11)19-9-15-6-13(10-20-15)12-4-5-12/h6,10-12,14,16-17,19H,4-5,7-9H2,1-3H3/t11-,14-,16+,17-/m1/s1. The van der Waals surface area contributed by atoms with Gasteiger partial charge in [0.1, 0.15) is 0 Å². The zero-order valence-corrected chi connectivity index (χ0v) is 13.8. The highest BCUT2D eigenvalue weighted by molar-refractivity contribution is 7.10. The topological polar surface area (TPSA) is 12.0 Å². The maximum Gasteiger partial charge on any atom is 0.0302 e. The van der Waals surface area contributed by atoms with Crippen molar-refractivity contribution in [2.75, 3.05) is 0 Å². The summed E-state index contributed by atoms with van der Waals surface area (Å²) in [6.45, 7) is 8.54. The van der Waals surface area contributed by atoms with Crippen LogP contribution in [0.2, 0.25) is 0 Å². The fourth-order valence-electron chi connectivity index (χ4n) is 4.77. The Balaban J connectivity index is 1.35. The van der Waals surface area contributed by atoms with Crippen LogP contribution >= 0.6 is 11.3 Å². The van der Waals surface area contributed by atoms with Crippen molar-refractivity contribution in [2.45, 2.75) is 65.0 Å². The van der Waals surface area contributed by atoms with Gasteiger partial charge in [-0.15, -0.1) is 11.3 Å². The maximum absolute atomic E-state index is 3.87. The van der Waals surface area contributed by atoms with Crippen molar-refractivity contribution >= 4 is 11.3 Å². The molecule has 110 valence electrons. The van der Waals surface area contributed by atoms with Gasteiger partial charge in [0.05, 0.1) is 0 Å². The molecule has 4 aliphatic carbocycles. The molecule has 0 aromatic carbocycles. The van der Waals surface area contributed by atoms with Crippen LogP contribution < -0.4 is 5.32 Å². The average Bonchev–Trinajstić information content (AvgIpc) is 3.16. The normalized spacial score (nSPS) is 38.5. The van der Waals surface area contributed by atoms with Crippen LogP contribution in [0.15, 0.2) is 11.4 Å². The van der Waals surface area contributed by atoms with Crippen molar-refractivity contribution < 1.29 is 0 Å². The molecule has 20 heavy (non-hydrogen) atoms. The molecule has 0 unspecified atom stereocenters.